The average Bonchev–Trinajstić information content (AvgIpc) is 3.18. The Labute approximate surface area is 156 Å². The van der Waals surface area contributed by atoms with E-state index in [0.29, 0.717) is 0 Å². The highest BCUT2D eigenvalue weighted by Crippen LogP contribution is 2.18. The van der Waals surface area contributed by atoms with Crippen molar-refractivity contribution in [3.05, 3.63) is 47.8 Å². The van der Waals surface area contributed by atoms with Crippen molar-refractivity contribution in [3.63, 3.8) is 0 Å². The number of aromatic nitrogens is 2. The van der Waals surface area contributed by atoms with Gasteiger partial charge in [0.05, 0.1) is 17.9 Å². The van der Waals surface area contributed by atoms with Gasteiger partial charge in [0.1, 0.15) is 6.61 Å². The van der Waals surface area contributed by atoms with E-state index in [1.165, 1.54) is 49.7 Å². The van der Waals surface area contributed by atoms with E-state index in [1.54, 1.807) is 0 Å². The van der Waals surface area contributed by atoms with Crippen LogP contribution in [0.3, 0.4) is 0 Å². The molecule has 0 bridgehead atoms. The van der Waals surface area contributed by atoms with Gasteiger partial charge >= 0.3 is 0 Å². The molecule has 0 radical (unpaired) electrons. The predicted molar refractivity (Wildman–Crippen MR) is 106 cm³/mol. The van der Waals surface area contributed by atoms with Gasteiger partial charge in [0.25, 0.3) is 0 Å². The summed E-state index contributed by atoms with van der Waals surface area (Å²) in [6.07, 6.45) is 13.5. The topological polar surface area (TPSA) is 47.4 Å². The van der Waals surface area contributed by atoms with Gasteiger partial charge in [-0.25, -0.2) is 0 Å². The molecule has 0 spiro atoms. The van der Waals surface area contributed by atoms with Gasteiger partial charge in [-0.05, 0) is 61.6 Å². The van der Waals surface area contributed by atoms with E-state index in [2.05, 4.69) is 40.1 Å². The second kappa shape index (κ2) is 10.0. The third kappa shape index (κ3) is 5.94. The molecule has 4 nitrogen and oxygen atoms in total. The van der Waals surface area contributed by atoms with Gasteiger partial charge in [-0.15, -0.1) is 0 Å². The largest absolute Gasteiger partial charge is 0.479 e. The van der Waals surface area contributed by atoms with Gasteiger partial charge in [0, 0.05) is 18.8 Å². The number of unbranched alkanes of at least 4 members (excludes halogenated alkanes) is 5. The summed E-state index contributed by atoms with van der Waals surface area (Å²) >= 11 is 0. The number of aryl methyl sites for hydroxylation is 2. The zero-order chi connectivity index (χ0) is 18.0. The van der Waals surface area contributed by atoms with E-state index in [-0.39, 0.29) is 0 Å². The van der Waals surface area contributed by atoms with E-state index in [4.69, 9.17) is 4.74 Å². The molecular formula is C22H29N3O. The quantitative estimate of drug-likeness (QED) is 0.556. The molecule has 3 heterocycles. The lowest BCUT2D eigenvalue weighted by Crippen LogP contribution is -1.98. The Bertz CT molecular complexity index is 727. The maximum absolute atomic E-state index is 5.44. The molecule has 0 N–H and O–H groups in total. The second-order valence-corrected chi connectivity index (χ2v) is 7.01. The van der Waals surface area contributed by atoms with Crippen LogP contribution in [0, 0.1) is 6.92 Å². The number of ether oxygens (including phenoxy) is 1. The predicted octanol–water partition coefficient (Wildman–Crippen LogP) is 5.15. The van der Waals surface area contributed by atoms with Crippen molar-refractivity contribution in [1.29, 1.82) is 0 Å². The second-order valence-electron chi connectivity index (χ2n) is 7.01. The summed E-state index contributed by atoms with van der Waals surface area (Å²) in [5.41, 5.74) is 4.51. The van der Waals surface area contributed by atoms with Crippen LogP contribution in [0.25, 0.3) is 11.4 Å². The summed E-state index contributed by atoms with van der Waals surface area (Å²) in [6.45, 7) is 3.72. The smallest absolute Gasteiger partial charge is 0.183 e. The Hall–Kier alpha value is -2.23. The summed E-state index contributed by atoms with van der Waals surface area (Å²) in [5, 5.41) is 0. The maximum atomic E-state index is 5.44. The highest BCUT2D eigenvalue weighted by atomic mass is 16.5. The van der Waals surface area contributed by atoms with Crippen LogP contribution in [-0.2, 0) is 11.2 Å². The number of aliphatic imine (C=N–C) groups is 1. The first-order valence-electron chi connectivity index (χ1n) is 9.85. The minimum absolute atomic E-state index is 0.784. The fourth-order valence-electron chi connectivity index (χ4n) is 3.29. The molecule has 0 saturated heterocycles. The van der Waals surface area contributed by atoms with Crippen LogP contribution >= 0.6 is 0 Å². The number of nitrogens with zero attached hydrogens (tertiary/aromatic N) is 3. The molecule has 138 valence electrons. The first-order valence-corrected chi connectivity index (χ1v) is 9.85. The lowest BCUT2D eigenvalue weighted by Gasteiger charge is -2.06. The SMILES string of the molecule is Cc1ccnc(-c2cc(CCCCCCCCC3=NCCO3)ccn2)c1. The molecule has 3 rings (SSSR count). The van der Waals surface area contributed by atoms with E-state index >= 15 is 0 Å². The standard InChI is InChI=1S/C22H29N3O/c1-18-10-12-23-20(16-18)21-17-19(11-13-24-21)8-6-4-2-3-5-7-9-22-25-14-15-26-22/h10-13,16-17H,2-9,14-15H2,1H3. The third-order valence-electron chi connectivity index (χ3n) is 4.76. The Morgan fingerprint density at radius 2 is 1.54 bits per heavy atom. The summed E-state index contributed by atoms with van der Waals surface area (Å²) in [6, 6.07) is 8.42. The van der Waals surface area contributed by atoms with Gasteiger partial charge < -0.3 is 4.74 Å². The van der Waals surface area contributed by atoms with Crippen molar-refractivity contribution in [2.24, 2.45) is 4.99 Å². The molecule has 0 unspecified atom stereocenters. The van der Waals surface area contributed by atoms with Gasteiger partial charge in [-0.3, -0.25) is 15.0 Å². The lowest BCUT2D eigenvalue weighted by molar-refractivity contribution is 0.336. The van der Waals surface area contributed by atoms with Gasteiger partial charge in [-0.1, -0.05) is 25.7 Å². The fraction of sp³-hybridized carbons (Fsp3) is 0.500. The molecule has 0 atom stereocenters. The Balaban J connectivity index is 1.33. The summed E-state index contributed by atoms with van der Waals surface area (Å²) in [4.78, 5) is 13.3. The Kier molecular flexibility index (Phi) is 7.17. The van der Waals surface area contributed by atoms with Gasteiger partial charge in [-0.2, -0.15) is 0 Å². The van der Waals surface area contributed by atoms with Crippen molar-refractivity contribution in [3.8, 4) is 11.4 Å². The van der Waals surface area contributed by atoms with E-state index in [9.17, 15) is 0 Å². The molecule has 26 heavy (non-hydrogen) atoms. The van der Waals surface area contributed by atoms with Crippen LogP contribution in [0.15, 0.2) is 41.7 Å². The average molecular weight is 351 g/mol. The van der Waals surface area contributed by atoms with Crippen LogP contribution in [0.1, 0.15) is 56.1 Å². The zero-order valence-electron chi connectivity index (χ0n) is 15.8. The third-order valence-corrected chi connectivity index (χ3v) is 4.76. The Morgan fingerprint density at radius 1 is 0.846 bits per heavy atom. The normalized spacial score (nSPS) is 13.5. The molecule has 1 aliphatic heterocycles. The van der Waals surface area contributed by atoms with Crippen LogP contribution in [0.2, 0.25) is 0 Å². The molecule has 0 saturated carbocycles. The van der Waals surface area contributed by atoms with Crippen LogP contribution in [0.4, 0.5) is 0 Å². The fourth-order valence-corrected chi connectivity index (χ4v) is 3.29. The van der Waals surface area contributed by atoms with Gasteiger partial charge in [0.15, 0.2) is 5.90 Å². The lowest BCUT2D eigenvalue weighted by atomic mass is 10.0. The molecule has 0 aliphatic carbocycles. The first kappa shape index (κ1) is 18.6. The molecule has 0 amide bonds. The van der Waals surface area contributed by atoms with Crippen molar-refractivity contribution in [1.82, 2.24) is 9.97 Å². The minimum atomic E-state index is 0.784. The van der Waals surface area contributed by atoms with Crippen molar-refractivity contribution >= 4 is 5.90 Å². The first-order chi connectivity index (χ1) is 12.8. The van der Waals surface area contributed by atoms with Crippen LogP contribution in [-0.4, -0.2) is 29.0 Å². The van der Waals surface area contributed by atoms with Crippen molar-refractivity contribution < 1.29 is 4.74 Å². The molecule has 0 aromatic carbocycles. The van der Waals surface area contributed by atoms with Crippen LogP contribution < -0.4 is 0 Å². The molecule has 0 fully saturated rings. The van der Waals surface area contributed by atoms with Gasteiger partial charge in [0.2, 0.25) is 0 Å². The molecule has 2 aromatic rings. The maximum Gasteiger partial charge on any atom is 0.183 e. The number of hydrogen-bond donors (Lipinski definition) is 0. The summed E-state index contributed by atoms with van der Waals surface area (Å²) in [7, 11) is 0. The van der Waals surface area contributed by atoms with E-state index < -0.39 is 0 Å². The monoisotopic (exact) mass is 351 g/mol. The van der Waals surface area contributed by atoms with E-state index in [1.807, 2.05) is 18.5 Å². The van der Waals surface area contributed by atoms with Crippen molar-refractivity contribution in [2.75, 3.05) is 13.2 Å². The highest BCUT2D eigenvalue weighted by molar-refractivity contribution is 5.77. The summed E-state index contributed by atoms with van der Waals surface area (Å²) < 4.78 is 5.44. The summed E-state index contributed by atoms with van der Waals surface area (Å²) in [5.74, 6) is 0.974. The molecule has 2 aromatic heterocycles. The van der Waals surface area contributed by atoms with E-state index in [0.717, 1.165) is 43.3 Å². The minimum Gasteiger partial charge on any atom is -0.479 e. The molecule has 4 heteroatoms. The Morgan fingerprint density at radius 3 is 2.27 bits per heavy atom. The zero-order valence-corrected chi connectivity index (χ0v) is 15.8. The van der Waals surface area contributed by atoms with Crippen molar-refractivity contribution in [2.45, 2.75) is 58.3 Å². The molecular weight excluding hydrogens is 322 g/mol. The van der Waals surface area contributed by atoms with Crippen LogP contribution in [0.5, 0.6) is 0 Å². The number of rotatable bonds is 10. The highest BCUT2D eigenvalue weighted by Gasteiger charge is 2.06. The number of hydrogen-bond acceptors (Lipinski definition) is 4. The molecule has 1 aliphatic rings. The number of pyridine rings is 2.